The van der Waals surface area contributed by atoms with Gasteiger partial charge in [0, 0.05) is 26.1 Å². The fourth-order valence-electron chi connectivity index (χ4n) is 1.45. The number of hydrogen-bond donors (Lipinski definition) is 3. The Balaban J connectivity index is 2.02. The van der Waals surface area contributed by atoms with Crippen molar-refractivity contribution in [2.24, 2.45) is 0 Å². The first-order valence-corrected chi connectivity index (χ1v) is 6.55. The number of aliphatic hydroxyl groups is 1. The average Bonchev–Trinajstić information content (AvgIpc) is 2.45. The lowest BCUT2D eigenvalue weighted by Crippen LogP contribution is -2.36. The third-order valence-electron chi connectivity index (χ3n) is 2.51. The summed E-state index contributed by atoms with van der Waals surface area (Å²) >= 11 is 0. The number of hydrogen-bond acceptors (Lipinski definition) is 4. The molecule has 0 aromatic heterocycles. The number of aliphatic hydroxyl groups excluding tert-OH is 1. The number of amides is 1. The minimum Gasteiger partial charge on any atom is -0.491 e. The van der Waals surface area contributed by atoms with Crippen molar-refractivity contribution in [3.63, 3.8) is 0 Å². The molecule has 0 aliphatic heterocycles. The molecule has 0 saturated carbocycles. The van der Waals surface area contributed by atoms with Crippen molar-refractivity contribution in [1.29, 1.82) is 0 Å². The second kappa shape index (κ2) is 9.35. The number of para-hydroxylation sites is 1. The Kier molecular flexibility index (Phi) is 7.62. The van der Waals surface area contributed by atoms with Crippen LogP contribution < -0.4 is 15.4 Å². The van der Waals surface area contributed by atoms with E-state index >= 15 is 0 Å². The third kappa shape index (κ3) is 7.43. The number of nitrogens with one attached hydrogen (secondary N) is 2. The van der Waals surface area contributed by atoms with Crippen LogP contribution in [0.3, 0.4) is 0 Å². The fourth-order valence-corrected chi connectivity index (χ4v) is 1.45. The first kappa shape index (κ1) is 15.5. The Hall–Kier alpha value is -1.59. The van der Waals surface area contributed by atoms with Gasteiger partial charge in [0.05, 0.1) is 0 Å². The van der Waals surface area contributed by atoms with Gasteiger partial charge in [-0.2, -0.15) is 0 Å². The van der Waals surface area contributed by atoms with Crippen LogP contribution in [0.15, 0.2) is 30.3 Å². The monoisotopic (exact) mass is 266 g/mol. The number of rotatable bonds is 9. The van der Waals surface area contributed by atoms with E-state index in [1.807, 2.05) is 37.3 Å². The predicted molar refractivity (Wildman–Crippen MR) is 74.1 cm³/mol. The molecule has 0 radical (unpaired) electrons. The molecule has 19 heavy (non-hydrogen) atoms. The molecule has 0 aliphatic rings. The lowest BCUT2D eigenvalue weighted by Gasteiger charge is -2.13. The molecule has 0 heterocycles. The fraction of sp³-hybridized carbons (Fsp3) is 0.500. The molecule has 0 fully saturated rings. The Labute approximate surface area is 114 Å². The number of benzene rings is 1. The van der Waals surface area contributed by atoms with E-state index in [2.05, 4.69) is 10.6 Å². The van der Waals surface area contributed by atoms with Crippen LogP contribution in [0.2, 0.25) is 0 Å². The zero-order valence-corrected chi connectivity index (χ0v) is 11.3. The van der Waals surface area contributed by atoms with E-state index in [9.17, 15) is 9.90 Å². The van der Waals surface area contributed by atoms with E-state index in [1.54, 1.807) is 0 Å². The molecule has 1 atom stereocenters. The normalized spacial score (nSPS) is 11.9. The quantitative estimate of drug-likeness (QED) is 0.571. The van der Waals surface area contributed by atoms with Gasteiger partial charge in [0.2, 0.25) is 5.91 Å². The molecule has 3 N–H and O–H groups in total. The van der Waals surface area contributed by atoms with Crippen molar-refractivity contribution in [1.82, 2.24) is 10.6 Å². The summed E-state index contributed by atoms with van der Waals surface area (Å²) in [6.07, 6.45) is -0.0739. The predicted octanol–water partition coefficient (Wildman–Crippen LogP) is 0.542. The van der Waals surface area contributed by atoms with Gasteiger partial charge < -0.3 is 20.5 Å². The standard InChI is InChI=1S/C14H22N2O3/c1-2-14(18)16-9-8-15-10-12(17)11-19-13-6-4-3-5-7-13/h3-7,12,15,17H,2,8-11H2,1H3,(H,16,18)/t12-/m0/s1. The molecule has 1 rings (SSSR count). The summed E-state index contributed by atoms with van der Waals surface area (Å²) in [6, 6.07) is 9.38. The van der Waals surface area contributed by atoms with E-state index in [1.165, 1.54) is 0 Å². The van der Waals surface area contributed by atoms with Gasteiger partial charge in [-0.1, -0.05) is 25.1 Å². The Bertz CT molecular complexity index is 357. The molecule has 5 heteroatoms. The summed E-state index contributed by atoms with van der Waals surface area (Å²) in [6.45, 7) is 3.70. The zero-order chi connectivity index (χ0) is 13.9. The van der Waals surface area contributed by atoms with Crippen molar-refractivity contribution in [2.45, 2.75) is 19.4 Å². The molecule has 0 bridgehead atoms. The maximum atomic E-state index is 11.0. The van der Waals surface area contributed by atoms with Crippen molar-refractivity contribution >= 4 is 5.91 Å². The van der Waals surface area contributed by atoms with Gasteiger partial charge in [-0.05, 0) is 12.1 Å². The van der Waals surface area contributed by atoms with E-state index in [0.717, 1.165) is 5.75 Å². The van der Waals surface area contributed by atoms with Crippen LogP contribution in [-0.2, 0) is 4.79 Å². The number of ether oxygens (including phenoxy) is 1. The summed E-state index contributed by atoms with van der Waals surface area (Å²) in [4.78, 5) is 11.0. The van der Waals surface area contributed by atoms with Gasteiger partial charge in [-0.25, -0.2) is 0 Å². The third-order valence-corrected chi connectivity index (χ3v) is 2.51. The average molecular weight is 266 g/mol. The van der Waals surface area contributed by atoms with Gasteiger partial charge in [-0.3, -0.25) is 4.79 Å². The van der Waals surface area contributed by atoms with Gasteiger partial charge in [0.25, 0.3) is 0 Å². The summed E-state index contributed by atoms with van der Waals surface area (Å²) in [5.74, 6) is 0.784. The smallest absolute Gasteiger partial charge is 0.219 e. The maximum absolute atomic E-state index is 11.0. The van der Waals surface area contributed by atoms with E-state index < -0.39 is 6.10 Å². The van der Waals surface area contributed by atoms with E-state index in [0.29, 0.717) is 26.1 Å². The van der Waals surface area contributed by atoms with Crippen LogP contribution in [0.1, 0.15) is 13.3 Å². The molecule has 1 aromatic carbocycles. The number of carbonyl (C=O) groups is 1. The largest absolute Gasteiger partial charge is 0.491 e. The zero-order valence-electron chi connectivity index (χ0n) is 11.3. The lowest BCUT2D eigenvalue weighted by atomic mass is 10.3. The maximum Gasteiger partial charge on any atom is 0.219 e. The molecule has 0 spiro atoms. The Morgan fingerprint density at radius 2 is 2.05 bits per heavy atom. The van der Waals surface area contributed by atoms with Crippen LogP contribution in [0.4, 0.5) is 0 Å². The van der Waals surface area contributed by atoms with Crippen molar-refractivity contribution in [2.75, 3.05) is 26.2 Å². The molecule has 0 aliphatic carbocycles. The highest BCUT2D eigenvalue weighted by molar-refractivity contribution is 5.75. The first-order valence-electron chi connectivity index (χ1n) is 6.55. The molecular formula is C14H22N2O3. The molecule has 1 amide bonds. The molecular weight excluding hydrogens is 244 g/mol. The molecule has 0 unspecified atom stereocenters. The van der Waals surface area contributed by atoms with Crippen molar-refractivity contribution in [3.8, 4) is 5.75 Å². The van der Waals surface area contributed by atoms with E-state index in [4.69, 9.17) is 4.74 Å². The molecule has 106 valence electrons. The minimum atomic E-state index is -0.568. The topological polar surface area (TPSA) is 70.6 Å². The number of carbonyl (C=O) groups excluding carboxylic acids is 1. The van der Waals surface area contributed by atoms with Crippen molar-refractivity contribution in [3.05, 3.63) is 30.3 Å². The van der Waals surface area contributed by atoms with Gasteiger partial charge >= 0.3 is 0 Å². The van der Waals surface area contributed by atoms with Crippen LogP contribution in [-0.4, -0.2) is 43.4 Å². The lowest BCUT2D eigenvalue weighted by molar-refractivity contribution is -0.120. The molecule has 5 nitrogen and oxygen atoms in total. The van der Waals surface area contributed by atoms with Gasteiger partial charge in [0.15, 0.2) is 0 Å². The summed E-state index contributed by atoms with van der Waals surface area (Å²) in [7, 11) is 0. The van der Waals surface area contributed by atoms with Crippen molar-refractivity contribution < 1.29 is 14.6 Å². The van der Waals surface area contributed by atoms with Crippen LogP contribution in [0.5, 0.6) is 5.75 Å². The summed E-state index contributed by atoms with van der Waals surface area (Å²) < 4.78 is 5.42. The first-order chi connectivity index (χ1) is 9.22. The molecule has 1 aromatic rings. The van der Waals surface area contributed by atoms with Crippen LogP contribution >= 0.6 is 0 Å². The Morgan fingerprint density at radius 3 is 2.74 bits per heavy atom. The Morgan fingerprint density at radius 1 is 1.32 bits per heavy atom. The highest BCUT2D eigenvalue weighted by atomic mass is 16.5. The van der Waals surface area contributed by atoms with E-state index in [-0.39, 0.29) is 12.5 Å². The van der Waals surface area contributed by atoms with Gasteiger partial charge in [0.1, 0.15) is 18.5 Å². The van der Waals surface area contributed by atoms with Crippen LogP contribution in [0.25, 0.3) is 0 Å². The highest BCUT2D eigenvalue weighted by Gasteiger charge is 2.04. The second-order valence-electron chi connectivity index (χ2n) is 4.19. The highest BCUT2D eigenvalue weighted by Crippen LogP contribution is 2.08. The summed E-state index contributed by atoms with van der Waals surface area (Å²) in [5, 5.41) is 15.5. The van der Waals surface area contributed by atoms with Gasteiger partial charge in [-0.15, -0.1) is 0 Å². The molecule has 0 saturated heterocycles. The van der Waals surface area contributed by atoms with Crippen LogP contribution in [0, 0.1) is 0 Å². The second-order valence-corrected chi connectivity index (χ2v) is 4.19. The minimum absolute atomic E-state index is 0.0368. The SMILES string of the molecule is CCC(=O)NCCNC[C@H](O)COc1ccccc1. The summed E-state index contributed by atoms with van der Waals surface area (Å²) in [5.41, 5.74) is 0.